The molecule has 1 aromatic heterocycles. The van der Waals surface area contributed by atoms with Crippen molar-refractivity contribution in [2.75, 3.05) is 18.4 Å². The van der Waals surface area contributed by atoms with Crippen LogP contribution in [0.5, 0.6) is 0 Å². The zero-order valence-corrected chi connectivity index (χ0v) is 19.7. The molecule has 0 aliphatic carbocycles. The monoisotopic (exact) mass is 476 g/mol. The fourth-order valence-electron chi connectivity index (χ4n) is 4.31. The maximum atomic E-state index is 13.0. The van der Waals surface area contributed by atoms with Crippen molar-refractivity contribution >= 4 is 23.3 Å². The number of benzene rings is 2. The Morgan fingerprint density at radius 1 is 1.06 bits per heavy atom. The summed E-state index contributed by atoms with van der Waals surface area (Å²) >= 11 is 0. The number of hydrogen-bond donors (Lipinski definition) is 2. The Bertz CT molecular complexity index is 1210. The maximum absolute atomic E-state index is 13.0. The normalized spacial score (nSPS) is 13.9. The second-order valence-electron chi connectivity index (χ2n) is 8.66. The number of likely N-dealkylation sites (tertiary alicyclic amines) is 1. The number of piperidine rings is 1. The van der Waals surface area contributed by atoms with Crippen LogP contribution < -0.4 is 10.6 Å². The summed E-state index contributed by atoms with van der Waals surface area (Å²) in [5.41, 5.74) is 3.14. The van der Waals surface area contributed by atoms with Crippen LogP contribution in [0.15, 0.2) is 54.6 Å². The molecule has 3 amide bonds. The quantitative estimate of drug-likeness (QED) is 0.413. The molecule has 1 fully saturated rings. The second kappa shape index (κ2) is 10.4. The highest BCUT2D eigenvalue weighted by Crippen LogP contribution is 2.23. The van der Waals surface area contributed by atoms with Crippen molar-refractivity contribution < 1.29 is 14.5 Å². The van der Waals surface area contributed by atoms with E-state index in [1.165, 1.54) is 0 Å². The summed E-state index contributed by atoms with van der Waals surface area (Å²) in [5, 5.41) is 21.3. The van der Waals surface area contributed by atoms with E-state index < -0.39 is 4.92 Å². The van der Waals surface area contributed by atoms with Crippen LogP contribution in [-0.2, 0) is 6.54 Å². The van der Waals surface area contributed by atoms with Crippen LogP contribution in [0.2, 0.25) is 0 Å². The first-order chi connectivity index (χ1) is 16.8. The molecule has 0 radical (unpaired) electrons. The number of aryl methyl sites for hydroxylation is 1. The van der Waals surface area contributed by atoms with Crippen molar-refractivity contribution in [1.82, 2.24) is 20.0 Å². The minimum absolute atomic E-state index is 0.00922. The van der Waals surface area contributed by atoms with E-state index in [4.69, 9.17) is 0 Å². The van der Waals surface area contributed by atoms with E-state index in [0.29, 0.717) is 49.4 Å². The van der Waals surface area contributed by atoms with Gasteiger partial charge < -0.3 is 15.5 Å². The minimum Gasteiger partial charge on any atom is -0.338 e. The first-order valence-corrected chi connectivity index (χ1v) is 11.5. The highest BCUT2D eigenvalue weighted by Gasteiger charge is 2.25. The summed E-state index contributed by atoms with van der Waals surface area (Å²) in [5.74, 6) is -0.0505. The van der Waals surface area contributed by atoms with E-state index in [1.54, 1.807) is 35.6 Å². The SMILES string of the molecule is Cc1nn(Cc2ccc(C(=O)N3CCC(NC(=O)Nc4ccccc4)CC3)cc2)c(C)c1[N+](=O)[O-]. The Hall–Kier alpha value is -4.21. The van der Waals surface area contributed by atoms with Gasteiger partial charge in [0.15, 0.2) is 0 Å². The maximum Gasteiger partial charge on any atom is 0.319 e. The average molecular weight is 477 g/mol. The van der Waals surface area contributed by atoms with Gasteiger partial charge >= 0.3 is 11.7 Å². The molecular weight excluding hydrogens is 448 g/mol. The van der Waals surface area contributed by atoms with Gasteiger partial charge in [-0.15, -0.1) is 0 Å². The fraction of sp³-hybridized carbons (Fsp3) is 0.320. The third kappa shape index (κ3) is 5.65. The second-order valence-corrected chi connectivity index (χ2v) is 8.66. The Morgan fingerprint density at radius 3 is 2.31 bits per heavy atom. The Kier molecular flexibility index (Phi) is 7.09. The van der Waals surface area contributed by atoms with E-state index in [-0.39, 0.29) is 23.7 Å². The van der Waals surface area contributed by atoms with Crippen LogP contribution in [0.1, 0.15) is 40.2 Å². The summed E-state index contributed by atoms with van der Waals surface area (Å²) < 4.78 is 1.61. The number of nitro groups is 1. The number of rotatable bonds is 6. The molecule has 0 unspecified atom stereocenters. The highest BCUT2D eigenvalue weighted by molar-refractivity contribution is 5.94. The van der Waals surface area contributed by atoms with E-state index in [9.17, 15) is 19.7 Å². The largest absolute Gasteiger partial charge is 0.338 e. The van der Waals surface area contributed by atoms with Gasteiger partial charge in [0.2, 0.25) is 0 Å². The lowest BCUT2D eigenvalue weighted by Gasteiger charge is -2.32. The van der Waals surface area contributed by atoms with Gasteiger partial charge in [-0.25, -0.2) is 4.79 Å². The van der Waals surface area contributed by atoms with E-state index in [2.05, 4.69) is 15.7 Å². The molecule has 0 bridgehead atoms. The minimum atomic E-state index is -0.412. The van der Waals surface area contributed by atoms with Crippen LogP contribution in [0.3, 0.4) is 0 Å². The number of carbonyl (C=O) groups excluding carboxylic acids is 2. The van der Waals surface area contributed by atoms with E-state index >= 15 is 0 Å². The number of anilines is 1. The summed E-state index contributed by atoms with van der Waals surface area (Å²) in [4.78, 5) is 37.8. The third-order valence-corrected chi connectivity index (χ3v) is 6.21. The number of carbonyl (C=O) groups is 2. The van der Waals surface area contributed by atoms with Crippen LogP contribution >= 0.6 is 0 Å². The van der Waals surface area contributed by atoms with Crippen LogP contribution in [0.4, 0.5) is 16.2 Å². The lowest BCUT2D eigenvalue weighted by molar-refractivity contribution is -0.386. The van der Waals surface area contributed by atoms with Gasteiger partial charge in [0, 0.05) is 30.4 Å². The van der Waals surface area contributed by atoms with E-state index in [0.717, 1.165) is 11.3 Å². The molecule has 35 heavy (non-hydrogen) atoms. The molecule has 2 aromatic carbocycles. The molecule has 10 nitrogen and oxygen atoms in total. The molecule has 1 aliphatic heterocycles. The van der Waals surface area contributed by atoms with Gasteiger partial charge in [-0.1, -0.05) is 30.3 Å². The van der Waals surface area contributed by atoms with Gasteiger partial charge in [-0.3, -0.25) is 19.6 Å². The molecular formula is C25H28N6O4. The molecule has 10 heteroatoms. The molecule has 3 aromatic rings. The number of nitrogens with one attached hydrogen (secondary N) is 2. The number of amides is 3. The third-order valence-electron chi connectivity index (χ3n) is 6.21. The van der Waals surface area contributed by atoms with Gasteiger partial charge in [-0.05, 0) is 56.5 Å². The lowest BCUT2D eigenvalue weighted by atomic mass is 10.0. The van der Waals surface area contributed by atoms with Crippen LogP contribution in [0.25, 0.3) is 0 Å². The fourth-order valence-corrected chi connectivity index (χ4v) is 4.31. The molecule has 0 saturated carbocycles. The highest BCUT2D eigenvalue weighted by atomic mass is 16.6. The molecule has 0 spiro atoms. The van der Waals surface area contributed by atoms with Crippen molar-refractivity contribution in [3.8, 4) is 0 Å². The number of urea groups is 1. The topological polar surface area (TPSA) is 122 Å². The lowest BCUT2D eigenvalue weighted by Crippen LogP contribution is -2.47. The number of para-hydroxylation sites is 1. The first-order valence-electron chi connectivity index (χ1n) is 11.5. The zero-order chi connectivity index (χ0) is 24.9. The predicted molar refractivity (Wildman–Crippen MR) is 131 cm³/mol. The first kappa shape index (κ1) is 23.9. The summed E-state index contributed by atoms with van der Waals surface area (Å²) in [6.45, 7) is 4.81. The number of nitrogens with zero attached hydrogens (tertiary/aromatic N) is 4. The Balaban J connectivity index is 1.29. The van der Waals surface area contributed by atoms with Crippen molar-refractivity contribution in [3.05, 3.63) is 87.2 Å². The van der Waals surface area contributed by atoms with Gasteiger partial charge in [0.05, 0.1) is 11.5 Å². The summed E-state index contributed by atoms with van der Waals surface area (Å²) in [6.07, 6.45) is 1.37. The average Bonchev–Trinajstić information content (AvgIpc) is 3.12. The molecule has 2 N–H and O–H groups in total. The summed E-state index contributed by atoms with van der Waals surface area (Å²) in [7, 11) is 0. The van der Waals surface area contributed by atoms with Crippen LogP contribution in [0, 0.1) is 24.0 Å². The van der Waals surface area contributed by atoms with Crippen molar-refractivity contribution in [2.24, 2.45) is 0 Å². The van der Waals surface area contributed by atoms with Gasteiger partial charge in [0.1, 0.15) is 11.4 Å². The number of aromatic nitrogens is 2. The Morgan fingerprint density at radius 2 is 1.71 bits per heavy atom. The molecule has 0 atom stereocenters. The number of hydrogen-bond acceptors (Lipinski definition) is 5. The van der Waals surface area contributed by atoms with Crippen molar-refractivity contribution in [1.29, 1.82) is 0 Å². The zero-order valence-electron chi connectivity index (χ0n) is 19.7. The molecule has 2 heterocycles. The smallest absolute Gasteiger partial charge is 0.319 e. The predicted octanol–water partition coefficient (Wildman–Crippen LogP) is 3.88. The van der Waals surface area contributed by atoms with E-state index in [1.807, 2.05) is 42.5 Å². The van der Waals surface area contributed by atoms with Crippen LogP contribution in [-0.4, -0.2) is 50.7 Å². The molecule has 1 saturated heterocycles. The van der Waals surface area contributed by atoms with Gasteiger partial charge in [0.25, 0.3) is 5.91 Å². The molecule has 4 rings (SSSR count). The Labute approximate surface area is 203 Å². The summed E-state index contributed by atoms with van der Waals surface area (Å²) in [6, 6.07) is 16.3. The van der Waals surface area contributed by atoms with Gasteiger partial charge in [-0.2, -0.15) is 5.10 Å². The van der Waals surface area contributed by atoms with Crippen molar-refractivity contribution in [3.63, 3.8) is 0 Å². The standard InChI is InChI=1S/C25H28N6O4/c1-17-23(31(34)35)18(2)30(28-17)16-19-8-10-20(11-9-19)24(32)29-14-12-22(13-15-29)27-25(33)26-21-6-4-3-5-7-21/h3-11,22H,12-16H2,1-2H3,(H2,26,27,33). The molecule has 1 aliphatic rings. The molecule has 182 valence electrons. The van der Waals surface area contributed by atoms with Crippen molar-refractivity contribution in [2.45, 2.75) is 39.3 Å².